The zero-order valence-electron chi connectivity index (χ0n) is 10.0. The maximum Gasteiger partial charge on any atom is 0.123 e. The number of thioether (sulfide) groups is 1. The molecule has 0 saturated carbocycles. The van der Waals surface area contributed by atoms with Gasteiger partial charge in [0.15, 0.2) is 0 Å². The molecule has 0 fully saturated rings. The summed E-state index contributed by atoms with van der Waals surface area (Å²) < 4.78 is 14.4. The third-order valence-corrected chi connectivity index (χ3v) is 4.33. The van der Waals surface area contributed by atoms with Crippen LogP contribution in [0.1, 0.15) is 18.9 Å². The topological polar surface area (TPSA) is 12.9 Å². The van der Waals surface area contributed by atoms with Gasteiger partial charge in [0.1, 0.15) is 5.82 Å². The summed E-state index contributed by atoms with van der Waals surface area (Å²) >= 11 is 3.45. The molecule has 0 radical (unpaired) electrons. The Hall–Kier alpha value is -0.870. The van der Waals surface area contributed by atoms with Crippen molar-refractivity contribution in [2.24, 2.45) is 0 Å². The quantitative estimate of drug-likeness (QED) is 0.744. The van der Waals surface area contributed by atoms with Gasteiger partial charge < -0.3 is 0 Å². The maximum atomic E-state index is 13.2. The summed E-state index contributed by atoms with van der Waals surface area (Å²) in [5.41, 5.74) is 1.77. The molecule has 17 heavy (non-hydrogen) atoms. The minimum Gasteiger partial charge on any atom is -0.240 e. The average molecular weight is 267 g/mol. The lowest BCUT2D eigenvalue weighted by Crippen LogP contribution is -1.87. The fourth-order valence-electron chi connectivity index (χ4n) is 1.52. The first kappa shape index (κ1) is 12.6. The Kier molecular flexibility index (Phi) is 3.84. The van der Waals surface area contributed by atoms with E-state index in [4.69, 9.17) is 0 Å². The molecule has 4 heteroatoms. The number of benzene rings is 1. The first-order valence-electron chi connectivity index (χ1n) is 5.46. The van der Waals surface area contributed by atoms with Crippen molar-refractivity contribution in [3.63, 3.8) is 0 Å². The van der Waals surface area contributed by atoms with Crippen LogP contribution in [0.4, 0.5) is 4.39 Å². The molecule has 0 amide bonds. The van der Waals surface area contributed by atoms with Gasteiger partial charge in [-0.3, -0.25) is 0 Å². The zero-order chi connectivity index (χ0) is 12.4. The van der Waals surface area contributed by atoms with E-state index in [9.17, 15) is 4.39 Å². The van der Waals surface area contributed by atoms with Gasteiger partial charge >= 0.3 is 0 Å². The van der Waals surface area contributed by atoms with E-state index in [-0.39, 0.29) is 5.82 Å². The van der Waals surface area contributed by atoms with Crippen molar-refractivity contribution < 1.29 is 4.39 Å². The van der Waals surface area contributed by atoms with E-state index in [1.54, 1.807) is 35.2 Å². The van der Waals surface area contributed by atoms with Crippen molar-refractivity contribution >= 4 is 23.1 Å². The average Bonchev–Trinajstić information content (AvgIpc) is 2.58. The molecule has 0 N–H and O–H groups in total. The fraction of sp³-hybridized carbons (Fsp3) is 0.308. The number of nitrogens with zero attached hydrogens (tertiary/aromatic N) is 1. The first-order valence-corrected chi connectivity index (χ1v) is 7.16. The summed E-state index contributed by atoms with van der Waals surface area (Å²) in [6.45, 7) is 6.28. The van der Waals surface area contributed by atoms with Gasteiger partial charge in [0, 0.05) is 10.8 Å². The standard InChI is InChI=1S/C13H14FNS2/c1-8(2)16-13-12(15-9(3)17-13)10-5-4-6-11(14)7-10/h4-8H,1-3H3. The van der Waals surface area contributed by atoms with E-state index in [2.05, 4.69) is 18.8 Å². The van der Waals surface area contributed by atoms with E-state index < -0.39 is 0 Å². The van der Waals surface area contributed by atoms with Crippen LogP contribution < -0.4 is 0 Å². The molecule has 0 aliphatic rings. The number of aryl methyl sites for hydroxylation is 1. The Labute approximate surface area is 109 Å². The lowest BCUT2D eigenvalue weighted by atomic mass is 10.2. The van der Waals surface area contributed by atoms with Gasteiger partial charge in [-0.1, -0.05) is 26.0 Å². The van der Waals surface area contributed by atoms with Gasteiger partial charge in [-0.05, 0) is 19.1 Å². The minimum atomic E-state index is -0.214. The second-order valence-corrected chi connectivity index (χ2v) is 7.09. The summed E-state index contributed by atoms with van der Waals surface area (Å²) in [6, 6.07) is 6.63. The lowest BCUT2D eigenvalue weighted by Gasteiger charge is -2.04. The van der Waals surface area contributed by atoms with E-state index >= 15 is 0 Å². The number of hydrogen-bond donors (Lipinski definition) is 0. The second-order valence-electron chi connectivity index (χ2n) is 4.05. The molecular formula is C13H14FNS2. The van der Waals surface area contributed by atoms with Gasteiger partial charge in [0.05, 0.1) is 14.9 Å². The molecule has 2 rings (SSSR count). The van der Waals surface area contributed by atoms with Crippen LogP contribution in [-0.2, 0) is 0 Å². The molecule has 0 aliphatic carbocycles. The van der Waals surface area contributed by atoms with Crippen molar-refractivity contribution in [2.45, 2.75) is 30.2 Å². The largest absolute Gasteiger partial charge is 0.240 e. The van der Waals surface area contributed by atoms with Crippen LogP contribution in [0.5, 0.6) is 0 Å². The van der Waals surface area contributed by atoms with Crippen LogP contribution in [0.3, 0.4) is 0 Å². The minimum absolute atomic E-state index is 0.214. The SMILES string of the molecule is Cc1nc(-c2cccc(F)c2)c(SC(C)C)s1. The van der Waals surface area contributed by atoms with Gasteiger partial charge in [-0.15, -0.1) is 23.1 Å². The van der Waals surface area contributed by atoms with Gasteiger partial charge in [-0.25, -0.2) is 9.37 Å². The first-order chi connectivity index (χ1) is 8.06. The fourth-order valence-corrected chi connectivity index (χ4v) is 4.02. The Morgan fingerprint density at radius 3 is 2.76 bits per heavy atom. The number of halogens is 1. The van der Waals surface area contributed by atoms with Crippen molar-refractivity contribution in [3.8, 4) is 11.3 Å². The Morgan fingerprint density at radius 2 is 2.12 bits per heavy atom. The van der Waals surface area contributed by atoms with Crippen LogP contribution in [0.15, 0.2) is 28.5 Å². The summed E-state index contributed by atoms with van der Waals surface area (Å²) in [7, 11) is 0. The Bertz CT molecular complexity index is 520. The Balaban J connectivity index is 2.44. The second kappa shape index (κ2) is 5.19. The highest BCUT2D eigenvalue weighted by Crippen LogP contribution is 2.38. The van der Waals surface area contributed by atoms with Crippen molar-refractivity contribution in [1.29, 1.82) is 0 Å². The molecule has 1 aromatic heterocycles. The number of rotatable bonds is 3. The number of hydrogen-bond acceptors (Lipinski definition) is 3. The van der Waals surface area contributed by atoms with E-state index in [1.807, 2.05) is 13.0 Å². The summed E-state index contributed by atoms with van der Waals surface area (Å²) in [4.78, 5) is 4.51. The lowest BCUT2D eigenvalue weighted by molar-refractivity contribution is 0.628. The molecule has 0 spiro atoms. The molecule has 0 aliphatic heterocycles. The molecule has 0 saturated heterocycles. The molecule has 0 unspecified atom stereocenters. The zero-order valence-corrected chi connectivity index (χ0v) is 11.7. The molecule has 90 valence electrons. The predicted molar refractivity (Wildman–Crippen MR) is 73.2 cm³/mol. The van der Waals surface area contributed by atoms with E-state index in [0.29, 0.717) is 5.25 Å². The van der Waals surface area contributed by atoms with Crippen LogP contribution in [-0.4, -0.2) is 10.2 Å². The predicted octanol–water partition coefficient (Wildman–Crippen LogP) is 4.76. The van der Waals surface area contributed by atoms with Crippen molar-refractivity contribution in [1.82, 2.24) is 4.98 Å². The van der Waals surface area contributed by atoms with Gasteiger partial charge in [0.25, 0.3) is 0 Å². The summed E-state index contributed by atoms with van der Waals surface area (Å²) in [5.74, 6) is -0.214. The van der Waals surface area contributed by atoms with Gasteiger partial charge in [-0.2, -0.15) is 0 Å². The monoisotopic (exact) mass is 267 g/mol. The molecule has 1 heterocycles. The van der Waals surface area contributed by atoms with Gasteiger partial charge in [0.2, 0.25) is 0 Å². The summed E-state index contributed by atoms with van der Waals surface area (Å²) in [6.07, 6.45) is 0. The van der Waals surface area contributed by atoms with Crippen LogP contribution in [0.2, 0.25) is 0 Å². The van der Waals surface area contributed by atoms with Crippen LogP contribution >= 0.6 is 23.1 Å². The smallest absolute Gasteiger partial charge is 0.123 e. The van der Waals surface area contributed by atoms with Crippen LogP contribution in [0, 0.1) is 12.7 Å². The molecule has 1 aromatic carbocycles. The number of aromatic nitrogens is 1. The normalized spacial score (nSPS) is 11.1. The molecule has 2 aromatic rings. The van der Waals surface area contributed by atoms with Crippen molar-refractivity contribution in [2.75, 3.05) is 0 Å². The maximum absolute atomic E-state index is 13.2. The third kappa shape index (κ3) is 3.07. The van der Waals surface area contributed by atoms with E-state index in [1.165, 1.54) is 10.3 Å². The van der Waals surface area contributed by atoms with Crippen LogP contribution in [0.25, 0.3) is 11.3 Å². The summed E-state index contributed by atoms with van der Waals surface area (Å²) in [5, 5.41) is 1.52. The highest BCUT2D eigenvalue weighted by molar-refractivity contribution is 8.01. The Morgan fingerprint density at radius 1 is 1.35 bits per heavy atom. The highest BCUT2D eigenvalue weighted by atomic mass is 32.2. The molecule has 0 bridgehead atoms. The van der Waals surface area contributed by atoms with Crippen molar-refractivity contribution in [3.05, 3.63) is 35.1 Å². The molecular weight excluding hydrogens is 253 g/mol. The van der Waals surface area contributed by atoms with E-state index in [0.717, 1.165) is 16.3 Å². The highest BCUT2D eigenvalue weighted by Gasteiger charge is 2.13. The third-order valence-electron chi connectivity index (χ3n) is 2.14. The number of thiazole rings is 1. The molecule has 0 atom stereocenters. The molecule has 1 nitrogen and oxygen atoms in total.